The van der Waals surface area contributed by atoms with Gasteiger partial charge >= 0.3 is 6.18 Å². The highest BCUT2D eigenvalue weighted by atomic mass is 35.5. The van der Waals surface area contributed by atoms with E-state index in [2.05, 4.69) is 17.1 Å². The van der Waals surface area contributed by atoms with E-state index in [1.54, 1.807) is 0 Å². The molecule has 2 aromatic rings. The third-order valence-corrected chi connectivity index (χ3v) is 7.15. The molecule has 6 nitrogen and oxygen atoms in total. The number of amides is 1. The molecule has 1 saturated heterocycles. The minimum Gasteiger partial charge on any atom is -0.371 e. The van der Waals surface area contributed by atoms with Crippen LogP contribution in [0.15, 0.2) is 42.5 Å². The number of piperidine rings is 1. The molecule has 1 atom stereocenters. The molecule has 1 aliphatic heterocycles. The summed E-state index contributed by atoms with van der Waals surface area (Å²) in [6.45, 7) is 3.72. The van der Waals surface area contributed by atoms with Crippen LogP contribution in [0.5, 0.6) is 0 Å². The Kier molecular flexibility index (Phi) is 8.02. The van der Waals surface area contributed by atoms with Crippen molar-refractivity contribution >= 4 is 38.9 Å². The lowest BCUT2D eigenvalue weighted by molar-refractivity contribution is -0.137. The van der Waals surface area contributed by atoms with E-state index in [-0.39, 0.29) is 12.2 Å². The highest BCUT2D eigenvalue weighted by Gasteiger charge is 2.34. The zero-order valence-corrected chi connectivity index (χ0v) is 20.5. The van der Waals surface area contributed by atoms with Crippen molar-refractivity contribution in [3.05, 3.63) is 58.6 Å². The number of alkyl halides is 3. The second kappa shape index (κ2) is 10.4. The van der Waals surface area contributed by atoms with Crippen molar-refractivity contribution in [3.63, 3.8) is 0 Å². The van der Waals surface area contributed by atoms with Crippen molar-refractivity contribution in [1.29, 1.82) is 0 Å². The highest BCUT2D eigenvalue weighted by Crippen LogP contribution is 2.37. The fraction of sp³-hybridized carbons (Fsp3) is 0.435. The van der Waals surface area contributed by atoms with Crippen LogP contribution < -0.4 is 14.5 Å². The number of carbonyl (C=O) groups is 1. The van der Waals surface area contributed by atoms with E-state index >= 15 is 0 Å². The van der Waals surface area contributed by atoms with Crippen LogP contribution in [0.25, 0.3) is 0 Å². The molecule has 1 fully saturated rings. The van der Waals surface area contributed by atoms with E-state index in [4.69, 9.17) is 11.6 Å². The topological polar surface area (TPSA) is 69.7 Å². The summed E-state index contributed by atoms with van der Waals surface area (Å²) < 4.78 is 64.6. The molecular formula is C23H27ClF3N3O3S. The summed E-state index contributed by atoms with van der Waals surface area (Å²) in [7, 11) is -4.04. The molecule has 11 heteroatoms. The number of halogens is 4. The number of hydrogen-bond acceptors (Lipinski definition) is 4. The van der Waals surface area contributed by atoms with Gasteiger partial charge in [-0.1, -0.05) is 30.7 Å². The van der Waals surface area contributed by atoms with Crippen LogP contribution in [0.3, 0.4) is 0 Å². The minimum absolute atomic E-state index is 0.154. The number of rotatable bonds is 7. The van der Waals surface area contributed by atoms with Crippen LogP contribution in [0.1, 0.15) is 30.9 Å². The number of benzene rings is 2. The Balaban J connectivity index is 1.66. The maximum absolute atomic E-state index is 13.2. The maximum Gasteiger partial charge on any atom is 0.417 e. The van der Waals surface area contributed by atoms with Crippen molar-refractivity contribution in [2.45, 2.75) is 32.5 Å². The summed E-state index contributed by atoms with van der Waals surface area (Å²) in [5.74, 6) is -0.0128. The van der Waals surface area contributed by atoms with Crippen molar-refractivity contribution in [2.24, 2.45) is 5.92 Å². The van der Waals surface area contributed by atoms with Gasteiger partial charge in [0.15, 0.2) is 0 Å². The van der Waals surface area contributed by atoms with Crippen LogP contribution in [0, 0.1) is 5.92 Å². The fourth-order valence-electron chi connectivity index (χ4n) is 3.92. The van der Waals surface area contributed by atoms with Gasteiger partial charge in [0.05, 0.1) is 22.5 Å². The first-order valence-electron chi connectivity index (χ1n) is 10.8. The van der Waals surface area contributed by atoms with E-state index in [0.29, 0.717) is 16.3 Å². The monoisotopic (exact) mass is 517 g/mol. The first-order chi connectivity index (χ1) is 15.8. The number of hydrogen-bond donors (Lipinski definition) is 1. The van der Waals surface area contributed by atoms with Gasteiger partial charge in [-0.3, -0.25) is 9.10 Å². The summed E-state index contributed by atoms with van der Waals surface area (Å²) in [6.07, 6.45) is -1.58. The van der Waals surface area contributed by atoms with Crippen LogP contribution in [-0.2, 0) is 27.5 Å². The van der Waals surface area contributed by atoms with Gasteiger partial charge in [0.25, 0.3) is 0 Å². The standard InChI is InChI=1S/C23H27ClF3N3O3S/c1-16-4-3-11-29(14-16)18-7-5-17(6-8-18)13-28-22(31)15-30(34(2,32)33)19-9-10-21(24)20(12-19)23(25,26)27/h5-10,12,16H,3-4,11,13-15H2,1-2H3,(H,28,31). The molecule has 0 saturated carbocycles. The van der Waals surface area contributed by atoms with Gasteiger partial charge in [0, 0.05) is 25.3 Å². The summed E-state index contributed by atoms with van der Waals surface area (Å²) in [5, 5.41) is 2.07. The molecule has 0 bridgehead atoms. The fourth-order valence-corrected chi connectivity index (χ4v) is 4.99. The van der Waals surface area contributed by atoms with Gasteiger partial charge in [-0.25, -0.2) is 8.42 Å². The second-order valence-corrected chi connectivity index (χ2v) is 10.9. The van der Waals surface area contributed by atoms with Crippen molar-refractivity contribution in [1.82, 2.24) is 5.32 Å². The first-order valence-corrected chi connectivity index (χ1v) is 13.0. The Morgan fingerprint density at radius 2 is 1.88 bits per heavy atom. The van der Waals surface area contributed by atoms with Crippen LogP contribution in [0.2, 0.25) is 5.02 Å². The van der Waals surface area contributed by atoms with Crippen molar-refractivity contribution in [3.8, 4) is 0 Å². The third kappa shape index (κ3) is 6.79. The van der Waals surface area contributed by atoms with Gasteiger partial charge in [-0.15, -0.1) is 0 Å². The second-order valence-electron chi connectivity index (χ2n) is 8.57. The molecule has 2 aromatic carbocycles. The molecule has 1 aliphatic rings. The Morgan fingerprint density at radius 3 is 2.47 bits per heavy atom. The molecule has 1 heterocycles. The quantitative estimate of drug-likeness (QED) is 0.579. The van der Waals surface area contributed by atoms with Gasteiger partial charge < -0.3 is 10.2 Å². The molecule has 0 aromatic heterocycles. The molecule has 1 N–H and O–H groups in total. The van der Waals surface area contributed by atoms with Gasteiger partial charge in [-0.2, -0.15) is 13.2 Å². The van der Waals surface area contributed by atoms with Crippen LogP contribution in [0.4, 0.5) is 24.5 Å². The molecule has 186 valence electrons. The van der Waals surface area contributed by atoms with Crippen molar-refractivity contribution < 1.29 is 26.4 Å². The SMILES string of the molecule is CC1CCCN(c2ccc(CNC(=O)CN(c3ccc(Cl)c(C(F)(F)F)c3)S(C)(=O)=O)cc2)C1. The Hall–Kier alpha value is -2.46. The lowest BCUT2D eigenvalue weighted by Gasteiger charge is -2.32. The normalized spacial score (nSPS) is 16.9. The summed E-state index contributed by atoms with van der Waals surface area (Å²) in [4.78, 5) is 14.8. The number of sulfonamides is 1. The molecule has 0 spiro atoms. The zero-order chi connectivity index (χ0) is 25.1. The Labute approximate surface area is 202 Å². The summed E-state index contributed by atoms with van der Waals surface area (Å²) in [6, 6.07) is 10.4. The lowest BCUT2D eigenvalue weighted by atomic mass is 9.99. The number of nitrogens with one attached hydrogen (secondary N) is 1. The summed E-state index contributed by atoms with van der Waals surface area (Å²) >= 11 is 5.62. The zero-order valence-electron chi connectivity index (χ0n) is 18.9. The molecule has 0 aliphatic carbocycles. The first kappa shape index (κ1) is 26.2. The molecular weight excluding hydrogens is 491 g/mol. The van der Waals surface area contributed by atoms with E-state index in [1.807, 2.05) is 24.3 Å². The molecule has 34 heavy (non-hydrogen) atoms. The van der Waals surface area contributed by atoms with E-state index in [9.17, 15) is 26.4 Å². The highest BCUT2D eigenvalue weighted by molar-refractivity contribution is 7.92. The van der Waals surface area contributed by atoms with E-state index < -0.39 is 39.2 Å². The van der Waals surface area contributed by atoms with Gasteiger partial charge in [0.2, 0.25) is 15.9 Å². The predicted octanol–water partition coefficient (Wildman–Crippen LogP) is 4.68. The molecule has 0 radical (unpaired) electrons. The smallest absolute Gasteiger partial charge is 0.371 e. The average molecular weight is 518 g/mol. The van der Waals surface area contributed by atoms with Gasteiger partial charge in [-0.05, 0) is 54.7 Å². The predicted molar refractivity (Wildman–Crippen MR) is 128 cm³/mol. The lowest BCUT2D eigenvalue weighted by Crippen LogP contribution is -2.40. The number of carbonyl (C=O) groups excluding carboxylic acids is 1. The Morgan fingerprint density at radius 1 is 1.21 bits per heavy atom. The van der Waals surface area contributed by atoms with Gasteiger partial charge in [0.1, 0.15) is 6.54 Å². The Bertz CT molecular complexity index is 1120. The van der Waals surface area contributed by atoms with Crippen LogP contribution >= 0.6 is 11.6 Å². The maximum atomic E-state index is 13.2. The molecule has 1 unspecified atom stereocenters. The van der Waals surface area contributed by atoms with Crippen LogP contribution in [-0.4, -0.2) is 40.2 Å². The largest absolute Gasteiger partial charge is 0.417 e. The molecule has 1 amide bonds. The number of anilines is 2. The molecule has 3 rings (SSSR count). The minimum atomic E-state index is -4.77. The third-order valence-electron chi connectivity index (χ3n) is 5.68. The van der Waals surface area contributed by atoms with Crippen molar-refractivity contribution in [2.75, 3.05) is 35.1 Å². The van der Waals surface area contributed by atoms with E-state index in [0.717, 1.165) is 49.1 Å². The average Bonchev–Trinajstić information content (AvgIpc) is 2.75. The van der Waals surface area contributed by atoms with E-state index in [1.165, 1.54) is 6.42 Å². The summed E-state index contributed by atoms with van der Waals surface area (Å²) in [5.41, 5.74) is 0.449. The number of nitrogens with zero attached hydrogens (tertiary/aromatic N) is 2.